The summed E-state index contributed by atoms with van der Waals surface area (Å²) in [7, 11) is 0. The number of carbonyl (C=O) groups is 1. The van der Waals surface area contributed by atoms with Gasteiger partial charge >= 0.3 is 0 Å². The molecular formula is C21H21Cl2N5O. The highest BCUT2D eigenvalue weighted by Crippen LogP contribution is 2.44. The monoisotopic (exact) mass is 429 g/mol. The number of aromatic nitrogens is 3. The number of fused-ring (bicyclic) bond motifs is 3. The Balaban J connectivity index is 1.55. The van der Waals surface area contributed by atoms with Gasteiger partial charge in [0.05, 0.1) is 22.7 Å². The molecular weight excluding hydrogens is 409 g/mol. The largest absolute Gasteiger partial charge is 0.382 e. The molecule has 6 nitrogen and oxygen atoms in total. The number of nitrogen functional groups attached to an aromatic ring is 1. The van der Waals surface area contributed by atoms with E-state index in [4.69, 9.17) is 34.7 Å². The van der Waals surface area contributed by atoms with Gasteiger partial charge in [0.1, 0.15) is 10.9 Å². The summed E-state index contributed by atoms with van der Waals surface area (Å²) in [5.41, 5.74) is 13.2. The molecule has 2 unspecified atom stereocenters. The molecule has 4 rings (SSSR count). The van der Waals surface area contributed by atoms with Gasteiger partial charge in [0.25, 0.3) is 0 Å². The number of unbranched alkanes of at least 4 members (excludes halogenated alkanes) is 1. The van der Waals surface area contributed by atoms with Gasteiger partial charge in [0.2, 0.25) is 5.91 Å². The molecule has 8 heteroatoms. The second-order valence-corrected chi connectivity index (χ2v) is 8.12. The second-order valence-electron chi connectivity index (χ2n) is 7.24. The average Bonchev–Trinajstić information content (AvgIpc) is 3.12. The van der Waals surface area contributed by atoms with Crippen LogP contribution in [-0.4, -0.2) is 25.8 Å². The van der Waals surface area contributed by atoms with Gasteiger partial charge in [-0.15, -0.1) is 11.6 Å². The van der Waals surface area contributed by atoms with Crippen molar-refractivity contribution >= 4 is 56.9 Å². The lowest BCUT2D eigenvalue weighted by molar-refractivity contribution is -0.125. The van der Waals surface area contributed by atoms with Crippen molar-refractivity contribution in [1.29, 1.82) is 0 Å². The average molecular weight is 430 g/mol. The quantitative estimate of drug-likeness (QED) is 0.454. The molecule has 29 heavy (non-hydrogen) atoms. The van der Waals surface area contributed by atoms with Crippen LogP contribution < -0.4 is 11.5 Å². The van der Waals surface area contributed by atoms with Crippen LogP contribution in [0.4, 0.5) is 5.82 Å². The van der Waals surface area contributed by atoms with Crippen molar-refractivity contribution in [3.05, 3.63) is 53.9 Å². The Morgan fingerprint density at radius 1 is 1.28 bits per heavy atom. The number of para-hydroxylation sites is 1. The van der Waals surface area contributed by atoms with Crippen LogP contribution in [0.5, 0.6) is 0 Å². The molecule has 2 atom stereocenters. The highest BCUT2D eigenvalue weighted by Gasteiger charge is 2.45. The van der Waals surface area contributed by atoms with Crippen molar-refractivity contribution in [2.75, 3.05) is 5.73 Å². The number of amides is 1. The number of carbonyl (C=O) groups excluding carboxylic acids is 1. The summed E-state index contributed by atoms with van der Waals surface area (Å²) in [6.07, 6.45) is 8.98. The van der Waals surface area contributed by atoms with Crippen molar-refractivity contribution in [1.82, 2.24) is 14.5 Å². The molecule has 1 aromatic carbocycles. The van der Waals surface area contributed by atoms with Crippen LogP contribution in [0, 0.1) is 5.41 Å². The standard InChI is InChI=1S/C21H21Cl2N5O/c22-15-8-5-9-16(23)21(15,20(25)29)10-3-4-11-28-12-26-17-18(28)13-6-1-2-7-14(13)27-19(17)24/h1-2,5-9,12,15H,3-4,10-11H2,(H2,24,27)(H2,25,29). The predicted octanol–water partition coefficient (Wildman–Crippen LogP) is 4.11. The number of hydrogen-bond donors (Lipinski definition) is 2. The van der Waals surface area contributed by atoms with E-state index in [9.17, 15) is 4.79 Å². The molecule has 0 bridgehead atoms. The van der Waals surface area contributed by atoms with Crippen LogP contribution in [0.1, 0.15) is 19.3 Å². The minimum absolute atomic E-state index is 0.394. The first kappa shape index (κ1) is 19.7. The van der Waals surface area contributed by atoms with Gasteiger partial charge in [-0.05, 0) is 25.0 Å². The molecule has 0 spiro atoms. The fourth-order valence-electron chi connectivity index (χ4n) is 3.98. The van der Waals surface area contributed by atoms with E-state index in [0.717, 1.165) is 29.3 Å². The Kier molecular flexibility index (Phi) is 5.23. The third-order valence-corrected chi connectivity index (χ3v) is 6.54. The van der Waals surface area contributed by atoms with E-state index >= 15 is 0 Å². The smallest absolute Gasteiger partial charge is 0.230 e. The fraction of sp³-hybridized carbons (Fsp3) is 0.286. The van der Waals surface area contributed by atoms with Gasteiger partial charge in [0, 0.05) is 17.0 Å². The summed E-state index contributed by atoms with van der Waals surface area (Å²) in [6, 6.07) is 7.86. The Bertz CT molecular complexity index is 1150. The van der Waals surface area contributed by atoms with E-state index in [0.29, 0.717) is 29.3 Å². The fourth-order valence-corrected chi connectivity index (χ4v) is 4.83. The Labute approximate surface area is 178 Å². The Hall–Kier alpha value is -2.57. The van der Waals surface area contributed by atoms with Gasteiger partial charge in [-0.1, -0.05) is 48.4 Å². The van der Waals surface area contributed by atoms with E-state index < -0.39 is 16.7 Å². The van der Waals surface area contributed by atoms with Crippen LogP contribution in [-0.2, 0) is 11.3 Å². The van der Waals surface area contributed by atoms with Gasteiger partial charge in [-0.3, -0.25) is 4.79 Å². The number of hydrogen-bond acceptors (Lipinski definition) is 4. The summed E-state index contributed by atoms with van der Waals surface area (Å²) < 4.78 is 2.07. The van der Waals surface area contributed by atoms with E-state index in [1.807, 2.05) is 24.3 Å². The normalized spacial score (nSPS) is 21.6. The number of imidazole rings is 1. The van der Waals surface area contributed by atoms with Gasteiger partial charge < -0.3 is 16.0 Å². The minimum atomic E-state index is -1.06. The van der Waals surface area contributed by atoms with Gasteiger partial charge in [-0.25, -0.2) is 9.97 Å². The lowest BCUT2D eigenvalue weighted by Crippen LogP contribution is -2.45. The third kappa shape index (κ3) is 3.26. The summed E-state index contributed by atoms with van der Waals surface area (Å²) in [6.45, 7) is 0.711. The molecule has 1 aliphatic rings. The van der Waals surface area contributed by atoms with Crippen LogP contribution in [0.2, 0.25) is 0 Å². The first-order valence-corrected chi connectivity index (χ1v) is 10.2. The zero-order chi connectivity index (χ0) is 20.6. The Morgan fingerprint density at radius 3 is 2.83 bits per heavy atom. The molecule has 0 saturated heterocycles. The lowest BCUT2D eigenvalue weighted by atomic mass is 9.76. The number of alkyl halides is 1. The molecule has 0 aliphatic heterocycles. The zero-order valence-electron chi connectivity index (χ0n) is 15.7. The maximum atomic E-state index is 12.2. The molecule has 1 aliphatic carbocycles. The molecule has 150 valence electrons. The molecule has 2 aromatic heterocycles. The number of rotatable bonds is 6. The minimum Gasteiger partial charge on any atom is -0.382 e. The highest BCUT2D eigenvalue weighted by molar-refractivity contribution is 6.35. The lowest BCUT2D eigenvalue weighted by Gasteiger charge is -2.35. The number of benzene rings is 1. The maximum Gasteiger partial charge on any atom is 0.230 e. The van der Waals surface area contributed by atoms with Crippen molar-refractivity contribution < 1.29 is 4.79 Å². The molecule has 2 heterocycles. The number of allylic oxidation sites excluding steroid dienone is 3. The van der Waals surface area contributed by atoms with Crippen LogP contribution in [0.25, 0.3) is 21.9 Å². The van der Waals surface area contributed by atoms with Crippen molar-refractivity contribution in [3.8, 4) is 0 Å². The van der Waals surface area contributed by atoms with E-state index in [1.165, 1.54) is 0 Å². The molecule has 4 N–H and O–H groups in total. The molecule has 0 saturated carbocycles. The maximum absolute atomic E-state index is 12.2. The SMILES string of the molecule is NC(=O)C1(CCCCn2cnc3c(N)nc4ccccc4c32)C(Cl)=CC=CC1Cl. The van der Waals surface area contributed by atoms with E-state index in [2.05, 4.69) is 14.5 Å². The molecule has 0 fully saturated rings. The number of nitrogens with two attached hydrogens (primary N) is 2. The number of primary amides is 1. The first-order chi connectivity index (χ1) is 13.9. The third-order valence-electron chi connectivity index (χ3n) is 5.56. The molecule has 1 amide bonds. The zero-order valence-corrected chi connectivity index (χ0v) is 17.2. The van der Waals surface area contributed by atoms with Crippen LogP contribution in [0.3, 0.4) is 0 Å². The number of halogens is 2. The van der Waals surface area contributed by atoms with Crippen LogP contribution >= 0.6 is 23.2 Å². The second kappa shape index (κ2) is 7.69. The van der Waals surface area contributed by atoms with Crippen molar-refractivity contribution in [3.63, 3.8) is 0 Å². The van der Waals surface area contributed by atoms with Crippen molar-refractivity contribution in [2.45, 2.75) is 31.2 Å². The molecule has 0 radical (unpaired) electrons. The van der Waals surface area contributed by atoms with Gasteiger partial charge in [-0.2, -0.15) is 0 Å². The van der Waals surface area contributed by atoms with E-state index in [-0.39, 0.29) is 0 Å². The summed E-state index contributed by atoms with van der Waals surface area (Å²) >= 11 is 12.8. The summed E-state index contributed by atoms with van der Waals surface area (Å²) in [4.78, 5) is 21.1. The summed E-state index contributed by atoms with van der Waals surface area (Å²) in [5, 5.41) is 0.846. The topological polar surface area (TPSA) is 99.8 Å². The van der Waals surface area contributed by atoms with Crippen molar-refractivity contribution in [2.24, 2.45) is 11.1 Å². The van der Waals surface area contributed by atoms with Crippen LogP contribution in [0.15, 0.2) is 53.9 Å². The number of pyridine rings is 1. The Morgan fingerprint density at radius 2 is 2.07 bits per heavy atom. The predicted molar refractivity (Wildman–Crippen MR) is 118 cm³/mol. The molecule has 3 aromatic rings. The van der Waals surface area contributed by atoms with E-state index in [1.54, 1.807) is 24.6 Å². The number of nitrogens with zero attached hydrogens (tertiary/aromatic N) is 3. The highest BCUT2D eigenvalue weighted by atomic mass is 35.5. The first-order valence-electron chi connectivity index (χ1n) is 9.42. The summed E-state index contributed by atoms with van der Waals surface area (Å²) in [5.74, 6) is -0.0814. The number of anilines is 1. The van der Waals surface area contributed by atoms with Gasteiger partial charge in [0.15, 0.2) is 5.82 Å². The number of aryl methyl sites for hydroxylation is 1.